The van der Waals surface area contributed by atoms with Crippen molar-refractivity contribution in [3.63, 3.8) is 0 Å². The molecule has 0 saturated carbocycles. The number of hydrogen-bond acceptors (Lipinski definition) is 6. The van der Waals surface area contributed by atoms with Gasteiger partial charge in [-0.05, 0) is 0 Å². The van der Waals surface area contributed by atoms with Crippen LogP contribution in [-0.4, -0.2) is 37.0 Å². The van der Waals surface area contributed by atoms with E-state index in [-0.39, 0.29) is 50.5 Å². The van der Waals surface area contributed by atoms with Gasteiger partial charge < -0.3 is 39.9 Å². The van der Waals surface area contributed by atoms with Crippen LogP contribution in [0.1, 0.15) is 0 Å². The van der Waals surface area contributed by atoms with Gasteiger partial charge in [-0.25, -0.2) is 16.8 Å². The largest absolute Gasteiger partial charge is 8.00 e. The first-order chi connectivity index (χ1) is 6.50. The van der Waals surface area contributed by atoms with Crippen molar-refractivity contribution in [2.75, 3.05) is 0 Å². The first-order valence-corrected chi connectivity index (χ1v) is 5.36. The number of alkyl halides is 6. The number of rotatable bonds is 0. The molecule has 0 fully saturated rings. The second-order valence-electron chi connectivity index (χ2n) is 1.80. The molecule has 0 aromatic heterocycles. The van der Waals surface area contributed by atoms with Crippen LogP contribution in [0.25, 0.3) is 30.8 Å². The summed E-state index contributed by atoms with van der Waals surface area (Å²) in [5.74, 6) is 0. The smallest absolute Gasteiger partial charge is 0.741 e. The molecule has 0 bridgehead atoms. The fraction of sp³-hybridized carbons (Fsp3) is 1.00. The zero-order chi connectivity index (χ0) is 14.0. The maximum absolute atomic E-state index is 10.7. The van der Waals surface area contributed by atoms with Crippen LogP contribution < -0.4 is 0 Å². The molecule has 0 heterocycles. The van der Waals surface area contributed by atoms with Crippen molar-refractivity contribution in [1.82, 2.24) is 0 Å². The van der Waals surface area contributed by atoms with E-state index >= 15 is 0 Å². The Morgan fingerprint density at radius 2 is 0.591 bits per heavy atom. The van der Waals surface area contributed by atoms with Crippen molar-refractivity contribution < 1.29 is 72.1 Å². The summed E-state index contributed by atoms with van der Waals surface area (Å²) in [6.07, 6.45) is 0. The number of nitrogens with two attached hydrogens (primary N) is 5. The molecule has 0 spiro atoms. The summed E-state index contributed by atoms with van der Waals surface area (Å²) in [6.45, 7) is 0. The number of halogens is 6. The molecule has 20 heteroatoms. The molecule has 22 heavy (non-hydrogen) atoms. The van der Waals surface area contributed by atoms with Gasteiger partial charge in [0.25, 0.3) is 0 Å². The Morgan fingerprint density at radius 1 is 0.545 bits per heavy atom. The van der Waals surface area contributed by atoms with Gasteiger partial charge in [-0.3, -0.25) is 0 Å². The van der Waals surface area contributed by atoms with Gasteiger partial charge in [0.2, 0.25) is 0 Å². The van der Waals surface area contributed by atoms with Gasteiger partial charge >= 0.3 is 30.8 Å². The minimum atomic E-state index is -6.09. The average Bonchev–Trinajstić information content (AvgIpc) is 1.77. The topological polar surface area (TPSA) is 282 Å². The fourth-order valence-electron chi connectivity index (χ4n) is 0. The molecule has 0 aromatic carbocycles. The van der Waals surface area contributed by atoms with Gasteiger partial charge in [0, 0.05) is 0 Å². The third-order valence-corrected chi connectivity index (χ3v) is 1.70. The first kappa shape index (κ1) is 49.5. The summed E-state index contributed by atoms with van der Waals surface area (Å²) in [7, 11) is -12.2. The van der Waals surface area contributed by atoms with Crippen molar-refractivity contribution in [3.8, 4) is 0 Å². The summed E-state index contributed by atoms with van der Waals surface area (Å²) < 4.78 is 118. The van der Waals surface area contributed by atoms with E-state index in [0.717, 1.165) is 0 Å². The quantitative estimate of drug-likeness (QED) is 0.238. The summed E-state index contributed by atoms with van der Waals surface area (Å²) in [5, 5.41) is 0. The molecule has 11 nitrogen and oxygen atoms in total. The molecule has 0 atom stereocenters. The normalized spacial score (nSPS) is 10.2. The van der Waals surface area contributed by atoms with E-state index in [0.29, 0.717) is 0 Å². The Balaban J connectivity index is -0.0000000233. The third-order valence-electron chi connectivity index (χ3n) is 0.567. The van der Waals surface area contributed by atoms with Crippen LogP contribution in [-0.2, 0) is 40.0 Å². The standard InChI is InChI=1S/2CHF3O3S.5H2N.Os/c2*2-1(3,4)8(5,6)7;;;;;;/h2*(H,5,6,7);5*1H2;/q;;5*-1;+8/p-2. The van der Waals surface area contributed by atoms with E-state index in [1.807, 2.05) is 0 Å². The molecule has 10 N–H and O–H groups in total. The van der Waals surface area contributed by atoms with Crippen LogP contribution in [0.5, 0.6) is 0 Å². The van der Waals surface area contributed by atoms with Gasteiger partial charge in [-0.2, -0.15) is 26.3 Å². The molecule has 0 unspecified atom stereocenters. The minimum absolute atomic E-state index is 0. The van der Waals surface area contributed by atoms with Crippen LogP contribution in [0.15, 0.2) is 0 Å². The molecule has 0 aromatic rings. The predicted octanol–water partition coefficient (Wildman–Crippen LogP) is 3.69. The van der Waals surface area contributed by atoms with Gasteiger partial charge in [0.1, 0.15) is 0 Å². The van der Waals surface area contributed by atoms with Crippen LogP contribution in [0.2, 0.25) is 0 Å². The van der Waals surface area contributed by atoms with Crippen molar-refractivity contribution in [2.45, 2.75) is 11.0 Å². The molecular formula is C2H10F6N5O6OsS2+. The SMILES string of the molecule is O=S(=O)([O-])C(F)(F)F.O=S(=O)([O-])C(F)(F)F.[NH2-].[NH2-].[NH2-].[NH2-].[NH2-].[Os+8]. The zero-order valence-corrected chi connectivity index (χ0v) is 13.9. The average molecular weight is 568 g/mol. The van der Waals surface area contributed by atoms with Gasteiger partial charge in [-0.1, -0.05) is 0 Å². The van der Waals surface area contributed by atoms with Crippen molar-refractivity contribution in [1.29, 1.82) is 0 Å². The van der Waals surface area contributed by atoms with Crippen LogP contribution in [0.4, 0.5) is 26.3 Å². The summed E-state index contributed by atoms with van der Waals surface area (Å²) in [5.41, 5.74) is -11.3. The van der Waals surface area contributed by atoms with E-state index in [2.05, 4.69) is 0 Å². The molecule has 0 rings (SSSR count). The van der Waals surface area contributed by atoms with Crippen molar-refractivity contribution in [3.05, 3.63) is 30.8 Å². The van der Waals surface area contributed by atoms with E-state index in [4.69, 9.17) is 25.9 Å². The molecule has 0 aliphatic rings. The molecular weight excluding hydrogens is 558 g/mol. The Hall–Kier alpha value is -0.164. The molecule has 140 valence electrons. The van der Waals surface area contributed by atoms with E-state index in [1.54, 1.807) is 0 Å². The Kier molecular flexibility index (Phi) is 32.5. The molecule has 0 aliphatic carbocycles. The van der Waals surface area contributed by atoms with E-state index < -0.39 is 31.3 Å². The first-order valence-electron chi connectivity index (χ1n) is 2.54. The van der Waals surface area contributed by atoms with Gasteiger partial charge in [0.15, 0.2) is 20.2 Å². The van der Waals surface area contributed by atoms with Crippen molar-refractivity contribution in [2.24, 2.45) is 0 Å². The van der Waals surface area contributed by atoms with Gasteiger partial charge in [0.05, 0.1) is 0 Å². The molecule has 0 saturated heterocycles. The second kappa shape index (κ2) is 14.4. The van der Waals surface area contributed by atoms with Crippen LogP contribution in [0.3, 0.4) is 0 Å². The maximum Gasteiger partial charge on any atom is 8.00 e. The predicted molar refractivity (Wildman–Crippen MR) is 57.9 cm³/mol. The zero-order valence-electron chi connectivity index (χ0n) is 9.77. The summed E-state index contributed by atoms with van der Waals surface area (Å²) in [6, 6.07) is 0. The minimum Gasteiger partial charge on any atom is -0.741 e. The van der Waals surface area contributed by atoms with Crippen LogP contribution in [0, 0.1) is 0 Å². The Bertz CT molecular complexity index is 391. The molecule has 0 radical (unpaired) electrons. The molecule has 0 amide bonds. The molecule has 0 aliphatic heterocycles. The van der Waals surface area contributed by atoms with E-state index in [9.17, 15) is 26.3 Å². The summed E-state index contributed by atoms with van der Waals surface area (Å²) >= 11 is 0. The Labute approximate surface area is 134 Å². The van der Waals surface area contributed by atoms with Crippen molar-refractivity contribution >= 4 is 20.2 Å². The van der Waals surface area contributed by atoms with E-state index in [1.165, 1.54) is 0 Å². The summed E-state index contributed by atoms with van der Waals surface area (Å²) in [4.78, 5) is 0. The second-order valence-corrected chi connectivity index (χ2v) is 4.54. The van der Waals surface area contributed by atoms with Crippen LogP contribution >= 0.6 is 0 Å². The third kappa shape index (κ3) is 22.1. The number of hydrogen-bond donors (Lipinski definition) is 0. The fourth-order valence-corrected chi connectivity index (χ4v) is 0. The monoisotopic (exact) mass is 570 g/mol. The maximum atomic E-state index is 10.7. The Morgan fingerprint density at radius 3 is 0.591 bits per heavy atom. The van der Waals surface area contributed by atoms with Gasteiger partial charge in [-0.15, -0.1) is 0 Å².